The molecule has 0 aliphatic rings. The molecule has 0 saturated heterocycles. The third-order valence-electron chi connectivity index (χ3n) is 9.51. The first-order valence-electron chi connectivity index (χ1n) is 18.4. The molecule has 4 heterocycles. The molecule has 3 amide bonds. The summed E-state index contributed by atoms with van der Waals surface area (Å²) in [7, 11) is 0. The lowest BCUT2D eigenvalue weighted by Gasteiger charge is -2.14. The van der Waals surface area contributed by atoms with Gasteiger partial charge in [-0.05, 0) is 94.6 Å². The van der Waals surface area contributed by atoms with Crippen molar-refractivity contribution >= 4 is 51.4 Å². The number of nitrogens with two attached hydrogens (primary N) is 1. The summed E-state index contributed by atoms with van der Waals surface area (Å²) in [5.41, 5.74) is 11.7. The number of fused-ring (bicyclic) bond motifs is 2. The van der Waals surface area contributed by atoms with Crippen molar-refractivity contribution in [1.82, 2.24) is 33.7 Å². The molecule has 0 bridgehead atoms. The molecule has 0 unspecified atom stereocenters. The van der Waals surface area contributed by atoms with Crippen LogP contribution in [0.3, 0.4) is 0 Å². The Morgan fingerprint density at radius 3 is 2.04 bits per heavy atom. The van der Waals surface area contributed by atoms with Crippen molar-refractivity contribution in [2.24, 2.45) is 5.73 Å². The number of ether oxygens (including phenoxy) is 1. The van der Waals surface area contributed by atoms with Crippen molar-refractivity contribution in [1.29, 1.82) is 0 Å². The van der Waals surface area contributed by atoms with Gasteiger partial charge < -0.3 is 24.9 Å². The molecule has 0 saturated carbocycles. The number of carbonyl (C=O) groups excluding carboxylic acids is 3. The molecule has 4 aromatic heterocycles. The van der Waals surface area contributed by atoms with E-state index in [9.17, 15) is 14.4 Å². The van der Waals surface area contributed by atoms with E-state index in [-0.39, 0.29) is 11.8 Å². The maximum Gasteiger partial charge on any atom is 0.276 e. The zero-order valence-corrected chi connectivity index (χ0v) is 31.4. The molecule has 14 heteroatoms. The summed E-state index contributed by atoms with van der Waals surface area (Å²) in [5, 5.41) is 15.8. The normalized spacial score (nSPS) is 11.3. The maximum absolute atomic E-state index is 13.6. The van der Waals surface area contributed by atoms with Gasteiger partial charge in [-0.1, -0.05) is 36.4 Å². The van der Waals surface area contributed by atoms with Crippen LogP contribution in [0.2, 0.25) is 0 Å². The Balaban J connectivity index is 1.16. The Kier molecular flexibility index (Phi) is 10.5. The number of hydrogen-bond donors (Lipinski definition) is 3. The molecule has 282 valence electrons. The number of nitrogens with one attached hydrogen (secondary N) is 2. The molecule has 0 fully saturated rings. The summed E-state index contributed by atoms with van der Waals surface area (Å²) in [6.07, 6.45) is 1.40. The van der Waals surface area contributed by atoms with Crippen LogP contribution in [0.15, 0.2) is 84.9 Å². The molecule has 0 atom stereocenters. The average Bonchev–Trinajstić information content (AvgIpc) is 3.95. The predicted molar refractivity (Wildman–Crippen MR) is 211 cm³/mol. The number of carbonyl (C=O) groups is 3. The predicted octanol–water partition coefficient (Wildman–Crippen LogP) is 6.70. The quantitative estimate of drug-likeness (QED) is 0.0983. The second-order valence-corrected chi connectivity index (χ2v) is 13.4. The van der Waals surface area contributed by atoms with Crippen LogP contribution in [0, 0.1) is 13.8 Å². The van der Waals surface area contributed by atoms with Gasteiger partial charge in [-0.15, -0.1) is 0 Å². The highest BCUT2D eigenvalue weighted by Crippen LogP contribution is 2.31. The number of nitrogens with zero attached hydrogens (tertiary/aromatic N) is 7. The van der Waals surface area contributed by atoms with E-state index in [1.165, 1.54) is 0 Å². The zero-order chi connectivity index (χ0) is 38.6. The van der Waals surface area contributed by atoms with Crippen molar-refractivity contribution in [3.8, 4) is 5.75 Å². The smallest absolute Gasteiger partial charge is 0.276 e. The van der Waals surface area contributed by atoms with Crippen LogP contribution in [0.25, 0.3) is 21.9 Å². The number of primary amides is 1. The highest BCUT2D eigenvalue weighted by Gasteiger charge is 2.21. The lowest BCUT2D eigenvalue weighted by atomic mass is 10.1. The molecule has 0 aliphatic carbocycles. The van der Waals surface area contributed by atoms with Crippen LogP contribution in [0.1, 0.15) is 75.0 Å². The summed E-state index contributed by atoms with van der Waals surface area (Å²) in [4.78, 5) is 44.1. The van der Waals surface area contributed by atoms with Crippen molar-refractivity contribution < 1.29 is 19.1 Å². The first-order valence-corrected chi connectivity index (χ1v) is 18.4. The number of anilines is 2. The van der Waals surface area contributed by atoms with Crippen LogP contribution >= 0.6 is 0 Å². The SMILES string of the molecule is CCn1nc(C)cc1C(=O)Nc1cc2cc(C(N)=O)ccc2n1CCCCn1c(NC(=O)c2cc(C)nn2CC)nc2c(OCc3ccccc3)cccc21. The van der Waals surface area contributed by atoms with E-state index in [0.717, 1.165) is 33.4 Å². The minimum absolute atomic E-state index is 0.281. The molecule has 4 N–H and O–H groups in total. The molecule has 7 aromatic rings. The monoisotopic (exact) mass is 740 g/mol. The number of aryl methyl sites for hydroxylation is 6. The van der Waals surface area contributed by atoms with E-state index in [1.54, 1.807) is 33.6 Å². The number of aromatic nitrogens is 7. The lowest BCUT2D eigenvalue weighted by molar-refractivity contribution is 0.0995. The van der Waals surface area contributed by atoms with Gasteiger partial charge in [0.2, 0.25) is 11.9 Å². The van der Waals surface area contributed by atoms with Gasteiger partial charge in [0.25, 0.3) is 11.8 Å². The number of rotatable bonds is 15. The fraction of sp³-hybridized carbons (Fsp3) is 0.268. The Bertz CT molecular complexity index is 2520. The summed E-state index contributed by atoms with van der Waals surface area (Å²) in [6.45, 7) is 10.1. The zero-order valence-electron chi connectivity index (χ0n) is 31.4. The number of unbranched alkanes of at least 4 members (excludes halogenated alkanes) is 1. The summed E-state index contributed by atoms with van der Waals surface area (Å²) >= 11 is 0. The molecule has 14 nitrogen and oxygen atoms in total. The van der Waals surface area contributed by atoms with Gasteiger partial charge in [0.15, 0.2) is 0 Å². The van der Waals surface area contributed by atoms with Gasteiger partial charge in [0.05, 0.1) is 16.9 Å². The van der Waals surface area contributed by atoms with E-state index < -0.39 is 5.91 Å². The highest BCUT2D eigenvalue weighted by molar-refractivity contribution is 6.05. The molecule has 3 aromatic carbocycles. The van der Waals surface area contributed by atoms with Crippen molar-refractivity contribution in [3.63, 3.8) is 0 Å². The first kappa shape index (κ1) is 36.6. The molecule has 0 radical (unpaired) electrons. The Morgan fingerprint density at radius 2 is 1.38 bits per heavy atom. The molecule has 55 heavy (non-hydrogen) atoms. The van der Waals surface area contributed by atoms with Gasteiger partial charge >= 0.3 is 0 Å². The van der Waals surface area contributed by atoms with Crippen molar-refractivity contribution in [2.45, 2.75) is 73.3 Å². The molecular weight excluding hydrogens is 697 g/mol. The Labute approximate surface area is 317 Å². The summed E-state index contributed by atoms with van der Waals surface area (Å²) in [6, 6.07) is 26.4. The largest absolute Gasteiger partial charge is 0.487 e. The number of hydrogen-bond acceptors (Lipinski definition) is 7. The molecular formula is C41H44N10O4. The van der Waals surface area contributed by atoms with Crippen LogP contribution in [0.5, 0.6) is 5.75 Å². The van der Waals surface area contributed by atoms with E-state index in [4.69, 9.17) is 15.5 Å². The first-order chi connectivity index (χ1) is 26.6. The van der Waals surface area contributed by atoms with Crippen LogP contribution < -0.4 is 21.1 Å². The van der Waals surface area contributed by atoms with E-state index in [0.29, 0.717) is 85.6 Å². The molecule has 7 rings (SSSR count). The third kappa shape index (κ3) is 7.70. The van der Waals surface area contributed by atoms with Crippen molar-refractivity contribution in [3.05, 3.63) is 119 Å². The summed E-state index contributed by atoms with van der Waals surface area (Å²) in [5.74, 6) is 0.488. The minimum atomic E-state index is -0.527. The lowest BCUT2D eigenvalue weighted by Crippen LogP contribution is -2.20. The van der Waals surface area contributed by atoms with Gasteiger partial charge in [0.1, 0.15) is 35.1 Å². The average molecular weight is 741 g/mol. The van der Waals surface area contributed by atoms with Crippen LogP contribution in [-0.4, -0.2) is 51.4 Å². The standard InChI is InChI=1S/C41H44N10O4/c1-5-50-33(21-26(3)46-50)39(53)43-36-24-30-23-29(38(42)52)17-18-31(30)48(36)19-10-11-20-49-32-15-12-16-35(55-25-28-13-8-7-9-14-28)37(32)44-41(49)45-40(54)34-22-27(4)47-51(34)6-2/h7-9,12-18,21-24H,5-6,10-11,19-20,25H2,1-4H3,(H2,42,52)(H,43,53)(H,44,45,54). The number of imidazole rings is 1. The fourth-order valence-corrected chi connectivity index (χ4v) is 6.89. The Morgan fingerprint density at radius 1 is 0.727 bits per heavy atom. The fourth-order valence-electron chi connectivity index (χ4n) is 6.89. The third-order valence-corrected chi connectivity index (χ3v) is 9.51. The number of amides is 3. The molecule has 0 spiro atoms. The van der Waals surface area contributed by atoms with Crippen LogP contribution in [-0.2, 0) is 32.8 Å². The van der Waals surface area contributed by atoms with Gasteiger partial charge in [-0.3, -0.25) is 29.1 Å². The van der Waals surface area contributed by atoms with E-state index in [1.807, 2.05) is 97.5 Å². The molecule has 0 aliphatic heterocycles. The number of para-hydroxylation sites is 1. The van der Waals surface area contributed by atoms with E-state index >= 15 is 0 Å². The van der Waals surface area contributed by atoms with E-state index in [2.05, 4.69) is 20.8 Å². The maximum atomic E-state index is 13.6. The van der Waals surface area contributed by atoms with Gasteiger partial charge in [-0.25, -0.2) is 4.98 Å². The number of benzene rings is 3. The highest BCUT2D eigenvalue weighted by atomic mass is 16.5. The van der Waals surface area contributed by atoms with Crippen molar-refractivity contribution in [2.75, 3.05) is 10.6 Å². The topological polar surface area (TPSA) is 169 Å². The Hall–Kier alpha value is -6.70. The van der Waals surface area contributed by atoms with Crippen LogP contribution in [0.4, 0.5) is 11.8 Å². The summed E-state index contributed by atoms with van der Waals surface area (Å²) < 4.78 is 13.6. The second kappa shape index (κ2) is 15.7. The second-order valence-electron chi connectivity index (χ2n) is 13.4. The van der Waals surface area contributed by atoms with Gasteiger partial charge in [-0.2, -0.15) is 10.2 Å². The van der Waals surface area contributed by atoms with Gasteiger partial charge in [0, 0.05) is 42.6 Å². The minimum Gasteiger partial charge on any atom is -0.487 e.